The van der Waals surface area contributed by atoms with Crippen LogP contribution in [0.1, 0.15) is 70.3 Å². The maximum absolute atomic E-state index is 12.6. The van der Waals surface area contributed by atoms with Crippen LogP contribution < -0.4 is 5.56 Å². The molecule has 3 rings (SSSR count). The van der Waals surface area contributed by atoms with Gasteiger partial charge in [-0.05, 0) is 43.1 Å². The average molecular weight is 332 g/mol. The van der Waals surface area contributed by atoms with Crippen LogP contribution in [0, 0.1) is 16.7 Å². The summed E-state index contributed by atoms with van der Waals surface area (Å²) in [7, 11) is 0. The number of rotatable bonds is 5. The highest BCUT2D eigenvalue weighted by Crippen LogP contribution is 2.66. The molecule has 5 heteroatoms. The van der Waals surface area contributed by atoms with Gasteiger partial charge in [0.05, 0.1) is 0 Å². The molecule has 5 nitrogen and oxygen atoms in total. The maximum Gasteiger partial charge on any atom is 0.359 e. The Kier molecular flexibility index (Phi) is 4.30. The van der Waals surface area contributed by atoms with Gasteiger partial charge in [0.1, 0.15) is 6.10 Å². The summed E-state index contributed by atoms with van der Waals surface area (Å²) in [6.07, 6.45) is 5.03. The van der Waals surface area contributed by atoms with E-state index in [2.05, 4.69) is 32.8 Å². The van der Waals surface area contributed by atoms with Crippen LogP contribution in [0.3, 0.4) is 0 Å². The third-order valence-corrected chi connectivity index (χ3v) is 6.76. The quantitative estimate of drug-likeness (QED) is 0.775. The van der Waals surface area contributed by atoms with E-state index in [1.807, 2.05) is 0 Å². The number of fused-ring (bicyclic) bond motifs is 2. The van der Waals surface area contributed by atoms with Crippen molar-refractivity contribution in [1.82, 2.24) is 9.78 Å². The summed E-state index contributed by atoms with van der Waals surface area (Å²) in [6.45, 7) is 9.42. The molecule has 0 amide bonds. The molecule has 132 valence electrons. The molecular formula is C19H28N2O3. The van der Waals surface area contributed by atoms with Gasteiger partial charge in [0.15, 0.2) is 5.69 Å². The van der Waals surface area contributed by atoms with Gasteiger partial charge in [-0.1, -0.05) is 34.1 Å². The van der Waals surface area contributed by atoms with Crippen molar-refractivity contribution < 1.29 is 9.53 Å². The van der Waals surface area contributed by atoms with Crippen LogP contribution in [0.15, 0.2) is 16.9 Å². The first-order chi connectivity index (χ1) is 11.3. The Morgan fingerprint density at radius 2 is 2.12 bits per heavy atom. The summed E-state index contributed by atoms with van der Waals surface area (Å²) < 4.78 is 7.22. The average Bonchev–Trinajstić information content (AvgIpc) is 2.87. The summed E-state index contributed by atoms with van der Waals surface area (Å²) >= 11 is 0. The van der Waals surface area contributed by atoms with Gasteiger partial charge in [0, 0.05) is 18.0 Å². The predicted octanol–water partition coefficient (Wildman–Crippen LogP) is 3.42. The van der Waals surface area contributed by atoms with Crippen LogP contribution in [0.4, 0.5) is 0 Å². The van der Waals surface area contributed by atoms with E-state index in [1.165, 1.54) is 23.2 Å². The van der Waals surface area contributed by atoms with E-state index in [0.29, 0.717) is 12.5 Å². The molecule has 0 radical (unpaired) electrons. The summed E-state index contributed by atoms with van der Waals surface area (Å²) in [6, 6.07) is 2.89. The number of nitrogens with zero attached hydrogens (tertiary/aromatic N) is 2. The molecule has 2 aliphatic carbocycles. The molecule has 0 unspecified atom stereocenters. The Bertz CT molecular complexity index is 694. The van der Waals surface area contributed by atoms with Gasteiger partial charge in [-0.15, -0.1) is 0 Å². The van der Waals surface area contributed by atoms with Crippen molar-refractivity contribution in [2.45, 2.75) is 72.4 Å². The van der Waals surface area contributed by atoms with Crippen LogP contribution >= 0.6 is 0 Å². The van der Waals surface area contributed by atoms with Crippen LogP contribution in [0.2, 0.25) is 0 Å². The largest absolute Gasteiger partial charge is 0.457 e. The smallest absolute Gasteiger partial charge is 0.359 e. The van der Waals surface area contributed by atoms with Crippen molar-refractivity contribution in [1.29, 1.82) is 0 Å². The Morgan fingerprint density at radius 1 is 1.38 bits per heavy atom. The van der Waals surface area contributed by atoms with Crippen molar-refractivity contribution in [3.8, 4) is 0 Å². The van der Waals surface area contributed by atoms with E-state index < -0.39 is 5.97 Å². The van der Waals surface area contributed by atoms with Crippen molar-refractivity contribution in [2.24, 2.45) is 16.7 Å². The fraction of sp³-hybridized carbons (Fsp3) is 0.737. The van der Waals surface area contributed by atoms with E-state index in [4.69, 9.17) is 4.74 Å². The summed E-state index contributed by atoms with van der Waals surface area (Å²) in [5, 5.41) is 4.20. The van der Waals surface area contributed by atoms with E-state index in [0.717, 1.165) is 25.7 Å². The standard InChI is InChI=1S/C19H28N2O3/c1-5-6-11-21-16(22)8-7-14(20-21)17(23)24-15-12-13-9-10-19(15,4)18(13,2)3/h7-8,13,15H,5-6,9-12H2,1-4H3/t13-,15-,19-/m1/s1. The van der Waals surface area contributed by atoms with Gasteiger partial charge < -0.3 is 4.74 Å². The lowest BCUT2D eigenvalue weighted by Gasteiger charge is -2.38. The highest BCUT2D eigenvalue weighted by Gasteiger charge is 2.62. The van der Waals surface area contributed by atoms with Crippen molar-refractivity contribution in [3.05, 3.63) is 28.2 Å². The molecular weight excluding hydrogens is 304 g/mol. The first-order valence-electron chi connectivity index (χ1n) is 9.08. The number of esters is 1. The lowest BCUT2D eigenvalue weighted by atomic mass is 9.70. The monoisotopic (exact) mass is 332 g/mol. The lowest BCUT2D eigenvalue weighted by Crippen LogP contribution is -2.38. The molecule has 0 saturated heterocycles. The third-order valence-electron chi connectivity index (χ3n) is 6.76. The SMILES string of the molecule is CCCCn1nc(C(=O)O[C@@H]2C[C@H]3CC[C@@]2(C)C3(C)C)ccc1=O. The maximum atomic E-state index is 12.6. The lowest BCUT2D eigenvalue weighted by molar-refractivity contribution is -0.0249. The minimum atomic E-state index is -0.408. The zero-order valence-electron chi connectivity index (χ0n) is 15.2. The van der Waals surface area contributed by atoms with Crippen LogP contribution in [0.25, 0.3) is 0 Å². The van der Waals surface area contributed by atoms with Gasteiger partial charge in [-0.25, -0.2) is 9.48 Å². The molecule has 0 aliphatic heterocycles. The van der Waals surface area contributed by atoms with E-state index >= 15 is 0 Å². The molecule has 1 aromatic heterocycles. The number of aromatic nitrogens is 2. The normalized spacial score (nSPS) is 30.5. The van der Waals surface area contributed by atoms with Gasteiger partial charge in [-0.3, -0.25) is 4.79 Å². The van der Waals surface area contributed by atoms with Crippen molar-refractivity contribution in [2.75, 3.05) is 0 Å². The second-order valence-corrected chi connectivity index (χ2v) is 8.14. The number of hydrogen-bond donors (Lipinski definition) is 0. The highest BCUT2D eigenvalue weighted by atomic mass is 16.5. The molecule has 2 bridgehead atoms. The van der Waals surface area contributed by atoms with E-state index in [9.17, 15) is 9.59 Å². The Morgan fingerprint density at radius 3 is 2.71 bits per heavy atom. The topological polar surface area (TPSA) is 61.2 Å². The number of aryl methyl sites for hydroxylation is 1. The van der Waals surface area contributed by atoms with Crippen LogP contribution in [-0.4, -0.2) is 21.9 Å². The van der Waals surface area contributed by atoms with Gasteiger partial charge in [-0.2, -0.15) is 5.10 Å². The first kappa shape index (κ1) is 17.2. The third kappa shape index (κ3) is 2.58. The zero-order chi connectivity index (χ0) is 17.5. The first-order valence-corrected chi connectivity index (χ1v) is 9.08. The molecule has 2 saturated carbocycles. The highest BCUT2D eigenvalue weighted by molar-refractivity contribution is 5.87. The van der Waals surface area contributed by atoms with Crippen molar-refractivity contribution in [3.63, 3.8) is 0 Å². The summed E-state index contributed by atoms with van der Waals surface area (Å²) in [4.78, 5) is 24.4. The van der Waals surface area contributed by atoms with E-state index in [-0.39, 0.29) is 28.2 Å². The predicted molar refractivity (Wildman–Crippen MR) is 91.8 cm³/mol. The molecule has 1 aromatic rings. The van der Waals surface area contributed by atoms with Gasteiger partial charge in [0.2, 0.25) is 0 Å². The van der Waals surface area contributed by atoms with Gasteiger partial charge >= 0.3 is 5.97 Å². The Hall–Kier alpha value is -1.65. The van der Waals surface area contributed by atoms with E-state index in [1.54, 1.807) is 0 Å². The van der Waals surface area contributed by atoms with Crippen LogP contribution in [0.5, 0.6) is 0 Å². The fourth-order valence-electron chi connectivity index (χ4n) is 4.52. The molecule has 1 heterocycles. The molecule has 0 N–H and O–H groups in total. The number of ether oxygens (including phenoxy) is 1. The second kappa shape index (κ2) is 6.01. The second-order valence-electron chi connectivity index (χ2n) is 8.14. The molecule has 3 atom stereocenters. The van der Waals surface area contributed by atoms with Crippen LogP contribution in [-0.2, 0) is 11.3 Å². The summed E-state index contributed by atoms with van der Waals surface area (Å²) in [5.41, 5.74) is 0.290. The molecule has 24 heavy (non-hydrogen) atoms. The molecule has 2 fully saturated rings. The fourth-order valence-corrected chi connectivity index (χ4v) is 4.52. The summed E-state index contributed by atoms with van der Waals surface area (Å²) in [5.74, 6) is 0.210. The molecule has 0 aromatic carbocycles. The number of unbranched alkanes of at least 4 members (excludes halogenated alkanes) is 1. The minimum Gasteiger partial charge on any atom is -0.457 e. The molecule has 2 aliphatic rings. The molecule has 0 spiro atoms. The van der Waals surface area contributed by atoms with Gasteiger partial charge in [0.25, 0.3) is 5.56 Å². The van der Waals surface area contributed by atoms with Crippen molar-refractivity contribution >= 4 is 5.97 Å². The number of carbonyl (C=O) groups excluding carboxylic acids is 1. The number of hydrogen-bond acceptors (Lipinski definition) is 4. The minimum absolute atomic E-state index is 0.0317. The number of carbonyl (C=O) groups is 1. The Balaban J connectivity index is 1.76. The Labute approximate surface area is 143 Å². The zero-order valence-corrected chi connectivity index (χ0v) is 15.2.